The number of pyridine rings is 1. The molecule has 3 heterocycles. The molecule has 148 valence electrons. The van der Waals surface area contributed by atoms with Crippen LogP contribution in [0, 0.1) is 0 Å². The highest BCUT2D eigenvalue weighted by Crippen LogP contribution is 2.29. The minimum absolute atomic E-state index is 0.247. The summed E-state index contributed by atoms with van der Waals surface area (Å²) in [7, 11) is 3.14. The van der Waals surface area contributed by atoms with E-state index in [1.165, 1.54) is 10.9 Å². The zero-order valence-electron chi connectivity index (χ0n) is 16.3. The maximum Gasteiger partial charge on any atom is 0.266 e. The molecule has 8 heteroatoms. The Kier molecular flexibility index (Phi) is 4.17. The molecule has 2 aromatic carbocycles. The van der Waals surface area contributed by atoms with Crippen LogP contribution < -0.4 is 15.0 Å². The van der Waals surface area contributed by atoms with Crippen molar-refractivity contribution in [3.8, 4) is 28.4 Å². The summed E-state index contributed by atoms with van der Waals surface area (Å²) in [6, 6.07) is 16.7. The van der Waals surface area contributed by atoms with Crippen LogP contribution in [0.25, 0.3) is 33.6 Å². The number of benzene rings is 2. The lowest BCUT2D eigenvalue weighted by Gasteiger charge is -2.14. The van der Waals surface area contributed by atoms with Crippen molar-refractivity contribution in [2.45, 2.75) is 0 Å². The second-order valence-electron chi connectivity index (χ2n) is 6.59. The fourth-order valence-corrected chi connectivity index (χ4v) is 3.56. The zero-order valence-corrected chi connectivity index (χ0v) is 16.3. The van der Waals surface area contributed by atoms with E-state index in [9.17, 15) is 4.79 Å². The van der Waals surface area contributed by atoms with E-state index in [4.69, 9.17) is 9.47 Å². The molecule has 0 atom stereocenters. The van der Waals surface area contributed by atoms with Gasteiger partial charge in [0.15, 0.2) is 0 Å². The highest BCUT2D eigenvalue weighted by molar-refractivity contribution is 5.93. The summed E-state index contributed by atoms with van der Waals surface area (Å²) < 4.78 is 13.9. The van der Waals surface area contributed by atoms with Gasteiger partial charge in [-0.15, -0.1) is 0 Å². The highest BCUT2D eigenvalue weighted by atomic mass is 16.5. The minimum atomic E-state index is -0.247. The molecule has 0 unspecified atom stereocenters. The van der Waals surface area contributed by atoms with Crippen molar-refractivity contribution >= 4 is 16.7 Å². The summed E-state index contributed by atoms with van der Waals surface area (Å²) >= 11 is 0. The number of rotatable bonds is 4. The van der Waals surface area contributed by atoms with Crippen molar-refractivity contribution in [3.05, 3.63) is 77.5 Å². The van der Waals surface area contributed by atoms with Gasteiger partial charge in [0.05, 0.1) is 36.5 Å². The number of ether oxygens (including phenoxy) is 2. The van der Waals surface area contributed by atoms with Gasteiger partial charge in [-0.3, -0.25) is 9.36 Å². The molecule has 30 heavy (non-hydrogen) atoms. The quantitative estimate of drug-likeness (QED) is 0.462. The number of aromatic nitrogens is 5. The fraction of sp³-hybridized carbons (Fsp3) is 0.0909. The Hall–Kier alpha value is -4.20. The summed E-state index contributed by atoms with van der Waals surface area (Å²) in [4.78, 5) is 22.4. The molecule has 0 fully saturated rings. The van der Waals surface area contributed by atoms with Crippen LogP contribution >= 0.6 is 0 Å². The van der Waals surface area contributed by atoms with Gasteiger partial charge in [-0.25, -0.2) is 4.98 Å². The Balaban J connectivity index is 1.90. The van der Waals surface area contributed by atoms with Crippen molar-refractivity contribution in [2.24, 2.45) is 0 Å². The standard InChI is InChI=1S/C22H17N5O3/c1-29-15-8-9-18(30-2)17(12-15)26-11-10-16-19(21(26)28)20(14-6-4-3-5-7-14)27-22(25-16)23-13-24-27/h3-13H,1-2H3. The van der Waals surface area contributed by atoms with Crippen LogP contribution in [0.15, 0.2) is 71.9 Å². The van der Waals surface area contributed by atoms with E-state index in [0.29, 0.717) is 39.6 Å². The van der Waals surface area contributed by atoms with Crippen LogP contribution in [0.2, 0.25) is 0 Å². The molecule has 0 aliphatic heterocycles. The average Bonchev–Trinajstić information content (AvgIpc) is 3.26. The number of methoxy groups -OCH3 is 2. The van der Waals surface area contributed by atoms with Crippen LogP contribution in [0.3, 0.4) is 0 Å². The summed E-state index contributed by atoms with van der Waals surface area (Å²) in [5, 5.41) is 4.74. The Morgan fingerprint density at radius 3 is 2.57 bits per heavy atom. The average molecular weight is 399 g/mol. The Morgan fingerprint density at radius 1 is 0.967 bits per heavy atom. The first-order chi connectivity index (χ1) is 14.7. The second kappa shape index (κ2) is 7.00. The molecule has 3 aromatic heterocycles. The Morgan fingerprint density at radius 2 is 1.80 bits per heavy atom. The monoisotopic (exact) mass is 399 g/mol. The smallest absolute Gasteiger partial charge is 0.266 e. The summed E-state index contributed by atoms with van der Waals surface area (Å²) in [5.41, 5.74) is 2.34. The Labute approximate surface area is 171 Å². The van der Waals surface area contributed by atoms with Gasteiger partial charge in [-0.05, 0) is 18.2 Å². The van der Waals surface area contributed by atoms with Gasteiger partial charge >= 0.3 is 0 Å². The maximum atomic E-state index is 13.7. The number of hydrogen-bond donors (Lipinski definition) is 0. The first kappa shape index (κ1) is 17.9. The van der Waals surface area contributed by atoms with Crippen molar-refractivity contribution in [2.75, 3.05) is 14.2 Å². The predicted octanol–water partition coefficient (Wildman–Crippen LogP) is 3.11. The van der Waals surface area contributed by atoms with Gasteiger partial charge in [0.1, 0.15) is 17.8 Å². The van der Waals surface area contributed by atoms with Gasteiger partial charge < -0.3 is 9.47 Å². The summed E-state index contributed by atoms with van der Waals surface area (Å²) in [6.07, 6.45) is 3.11. The third kappa shape index (κ3) is 2.69. The Bertz CT molecular complexity index is 1440. The molecule has 0 saturated heterocycles. The summed E-state index contributed by atoms with van der Waals surface area (Å²) in [6.45, 7) is 0. The molecule has 0 spiro atoms. The van der Waals surface area contributed by atoms with Gasteiger partial charge in [0, 0.05) is 17.8 Å². The molecule has 0 saturated carbocycles. The van der Waals surface area contributed by atoms with Crippen molar-refractivity contribution in [1.82, 2.24) is 24.1 Å². The molecule has 0 aliphatic carbocycles. The van der Waals surface area contributed by atoms with Crippen LogP contribution in [0.5, 0.6) is 11.5 Å². The molecule has 0 amide bonds. The van der Waals surface area contributed by atoms with E-state index in [-0.39, 0.29) is 5.56 Å². The summed E-state index contributed by atoms with van der Waals surface area (Å²) in [5.74, 6) is 1.59. The van der Waals surface area contributed by atoms with E-state index < -0.39 is 0 Å². The zero-order chi connectivity index (χ0) is 20.7. The first-order valence-corrected chi connectivity index (χ1v) is 9.24. The van der Waals surface area contributed by atoms with Gasteiger partial charge in [0.2, 0.25) is 0 Å². The lowest BCUT2D eigenvalue weighted by atomic mass is 10.1. The van der Waals surface area contributed by atoms with Crippen LogP contribution in [0.1, 0.15) is 0 Å². The van der Waals surface area contributed by atoms with E-state index >= 15 is 0 Å². The van der Waals surface area contributed by atoms with Crippen molar-refractivity contribution < 1.29 is 9.47 Å². The number of fused-ring (bicyclic) bond motifs is 2. The largest absolute Gasteiger partial charge is 0.497 e. The topological polar surface area (TPSA) is 83.5 Å². The third-order valence-corrected chi connectivity index (χ3v) is 4.96. The first-order valence-electron chi connectivity index (χ1n) is 9.24. The van der Waals surface area contributed by atoms with Gasteiger partial charge in [-0.1, -0.05) is 30.3 Å². The molecule has 5 aromatic rings. The molecular formula is C22H17N5O3. The maximum absolute atomic E-state index is 13.7. The molecule has 0 aliphatic rings. The number of hydrogen-bond acceptors (Lipinski definition) is 6. The molecule has 8 nitrogen and oxygen atoms in total. The highest BCUT2D eigenvalue weighted by Gasteiger charge is 2.18. The second-order valence-corrected chi connectivity index (χ2v) is 6.59. The van der Waals surface area contributed by atoms with Crippen LogP contribution in [0.4, 0.5) is 0 Å². The molecule has 0 N–H and O–H groups in total. The third-order valence-electron chi connectivity index (χ3n) is 4.96. The van der Waals surface area contributed by atoms with Crippen molar-refractivity contribution in [1.29, 1.82) is 0 Å². The lowest BCUT2D eigenvalue weighted by Crippen LogP contribution is -2.20. The van der Waals surface area contributed by atoms with E-state index in [1.807, 2.05) is 30.3 Å². The van der Waals surface area contributed by atoms with Crippen LogP contribution in [-0.2, 0) is 0 Å². The van der Waals surface area contributed by atoms with Gasteiger partial charge in [-0.2, -0.15) is 14.6 Å². The SMILES string of the molecule is COc1ccc(OC)c(-n2ccc3nc4ncnn4c(-c4ccccc4)c3c2=O)c1. The molecular weight excluding hydrogens is 382 g/mol. The minimum Gasteiger partial charge on any atom is -0.497 e. The van der Waals surface area contributed by atoms with E-state index in [2.05, 4.69) is 15.1 Å². The molecule has 0 radical (unpaired) electrons. The normalized spacial score (nSPS) is 11.1. The van der Waals surface area contributed by atoms with E-state index in [0.717, 1.165) is 5.56 Å². The van der Waals surface area contributed by atoms with Crippen LogP contribution in [-0.4, -0.2) is 38.4 Å². The lowest BCUT2D eigenvalue weighted by molar-refractivity contribution is 0.401. The fourth-order valence-electron chi connectivity index (χ4n) is 3.56. The molecule has 0 bridgehead atoms. The number of nitrogens with zero attached hydrogens (tertiary/aromatic N) is 5. The van der Waals surface area contributed by atoms with Crippen molar-refractivity contribution in [3.63, 3.8) is 0 Å². The predicted molar refractivity (Wildman–Crippen MR) is 112 cm³/mol. The van der Waals surface area contributed by atoms with Gasteiger partial charge in [0.25, 0.3) is 11.3 Å². The molecule has 5 rings (SSSR count). The van der Waals surface area contributed by atoms with E-state index in [1.54, 1.807) is 49.2 Å².